The van der Waals surface area contributed by atoms with Gasteiger partial charge in [0, 0.05) is 12.1 Å². The summed E-state index contributed by atoms with van der Waals surface area (Å²) >= 11 is 0. The summed E-state index contributed by atoms with van der Waals surface area (Å²) in [5.74, 6) is -0.725. The minimum absolute atomic E-state index is 0.0755. The molecule has 1 amide bonds. The molecule has 1 heterocycles. The third kappa shape index (κ3) is 5.93. The standard InChI is InChI=1S/C23H23F3N4O4/c1-2-29(21(32)17-10-8-16(9-11-17)13-34-14-23(24,25)26)18-19(27)30(22(33)28-20(18)31)12-15-6-4-3-5-7-15/h3-11H,2,12-14,27H2,1H3,(H,28,31,33). The summed E-state index contributed by atoms with van der Waals surface area (Å²) in [5.41, 5.74) is 5.89. The second-order valence-electron chi connectivity index (χ2n) is 7.42. The molecule has 0 bridgehead atoms. The van der Waals surface area contributed by atoms with Crippen LogP contribution in [-0.4, -0.2) is 34.8 Å². The van der Waals surface area contributed by atoms with Crippen molar-refractivity contribution >= 4 is 17.4 Å². The van der Waals surface area contributed by atoms with Gasteiger partial charge >= 0.3 is 11.9 Å². The van der Waals surface area contributed by atoms with Crippen LogP contribution in [0.4, 0.5) is 24.7 Å². The highest BCUT2D eigenvalue weighted by molar-refractivity contribution is 6.07. The Kier molecular flexibility index (Phi) is 7.57. The van der Waals surface area contributed by atoms with Gasteiger partial charge in [-0.2, -0.15) is 13.2 Å². The van der Waals surface area contributed by atoms with Gasteiger partial charge in [0.05, 0.1) is 13.2 Å². The van der Waals surface area contributed by atoms with Crippen molar-refractivity contribution in [2.75, 3.05) is 23.8 Å². The number of rotatable bonds is 8. The van der Waals surface area contributed by atoms with Crippen molar-refractivity contribution < 1.29 is 22.7 Å². The van der Waals surface area contributed by atoms with Crippen LogP contribution in [0.3, 0.4) is 0 Å². The second-order valence-corrected chi connectivity index (χ2v) is 7.42. The molecule has 3 rings (SSSR count). The van der Waals surface area contributed by atoms with E-state index in [1.54, 1.807) is 31.2 Å². The number of nitrogens with two attached hydrogens (primary N) is 1. The van der Waals surface area contributed by atoms with Crippen LogP contribution in [0.15, 0.2) is 64.2 Å². The summed E-state index contributed by atoms with van der Waals surface area (Å²) in [6, 6.07) is 14.7. The maximum atomic E-state index is 13.1. The molecule has 8 nitrogen and oxygen atoms in total. The number of nitrogens with zero attached hydrogens (tertiary/aromatic N) is 2. The van der Waals surface area contributed by atoms with Crippen LogP contribution in [0.25, 0.3) is 0 Å². The molecule has 0 aliphatic carbocycles. The topological polar surface area (TPSA) is 110 Å². The smallest absolute Gasteiger partial charge is 0.383 e. The Morgan fingerprint density at radius 3 is 2.29 bits per heavy atom. The molecule has 3 aromatic rings. The first kappa shape index (κ1) is 24.8. The van der Waals surface area contributed by atoms with Crippen molar-refractivity contribution in [2.24, 2.45) is 0 Å². The van der Waals surface area contributed by atoms with Gasteiger partial charge in [0.1, 0.15) is 12.4 Å². The van der Waals surface area contributed by atoms with E-state index in [0.29, 0.717) is 5.56 Å². The van der Waals surface area contributed by atoms with Crippen LogP contribution < -0.4 is 21.9 Å². The molecule has 0 atom stereocenters. The zero-order valence-corrected chi connectivity index (χ0v) is 18.3. The molecule has 180 valence electrons. The molecule has 0 unspecified atom stereocenters. The highest BCUT2D eigenvalue weighted by atomic mass is 19.4. The third-order valence-corrected chi connectivity index (χ3v) is 4.96. The summed E-state index contributed by atoms with van der Waals surface area (Å²) in [6.45, 7) is 0.156. The fourth-order valence-corrected chi connectivity index (χ4v) is 3.35. The lowest BCUT2D eigenvalue weighted by atomic mass is 10.1. The molecule has 0 aliphatic heterocycles. The normalized spacial score (nSPS) is 11.4. The van der Waals surface area contributed by atoms with Crippen molar-refractivity contribution in [2.45, 2.75) is 26.3 Å². The number of anilines is 2. The molecule has 0 fully saturated rings. The van der Waals surface area contributed by atoms with Crippen LogP contribution in [0.1, 0.15) is 28.4 Å². The van der Waals surface area contributed by atoms with Gasteiger partial charge in [0.2, 0.25) is 0 Å². The van der Waals surface area contributed by atoms with Gasteiger partial charge in [-0.25, -0.2) is 4.79 Å². The first-order chi connectivity index (χ1) is 16.1. The number of H-pyrrole nitrogens is 1. The number of nitrogens with one attached hydrogen (secondary N) is 1. The largest absolute Gasteiger partial charge is 0.411 e. The summed E-state index contributed by atoms with van der Waals surface area (Å²) in [4.78, 5) is 41.5. The van der Waals surface area contributed by atoms with E-state index in [9.17, 15) is 27.6 Å². The lowest BCUT2D eigenvalue weighted by Crippen LogP contribution is -2.41. The number of amides is 1. The van der Waals surface area contributed by atoms with E-state index >= 15 is 0 Å². The fourth-order valence-electron chi connectivity index (χ4n) is 3.35. The van der Waals surface area contributed by atoms with E-state index in [0.717, 1.165) is 10.5 Å². The van der Waals surface area contributed by atoms with E-state index in [-0.39, 0.29) is 36.8 Å². The molecular weight excluding hydrogens is 453 g/mol. The number of hydrogen-bond donors (Lipinski definition) is 2. The number of benzene rings is 2. The summed E-state index contributed by atoms with van der Waals surface area (Å²) in [7, 11) is 0. The second kappa shape index (κ2) is 10.4. The maximum Gasteiger partial charge on any atom is 0.411 e. The van der Waals surface area contributed by atoms with Crippen molar-refractivity contribution in [3.8, 4) is 0 Å². The van der Waals surface area contributed by atoms with Gasteiger partial charge in [-0.15, -0.1) is 0 Å². The van der Waals surface area contributed by atoms with E-state index in [1.807, 2.05) is 6.07 Å². The lowest BCUT2D eigenvalue weighted by Gasteiger charge is -2.23. The van der Waals surface area contributed by atoms with Gasteiger partial charge in [-0.1, -0.05) is 42.5 Å². The summed E-state index contributed by atoms with van der Waals surface area (Å²) < 4.78 is 42.5. The number of nitrogen functional groups attached to an aromatic ring is 1. The van der Waals surface area contributed by atoms with E-state index in [1.165, 1.54) is 28.8 Å². The van der Waals surface area contributed by atoms with Gasteiger partial charge in [-0.05, 0) is 30.2 Å². The quantitative estimate of drug-likeness (QED) is 0.520. The Morgan fingerprint density at radius 1 is 1.06 bits per heavy atom. The predicted molar refractivity (Wildman–Crippen MR) is 121 cm³/mol. The Hall–Kier alpha value is -3.86. The first-order valence-corrected chi connectivity index (χ1v) is 10.3. The van der Waals surface area contributed by atoms with E-state index < -0.39 is 29.9 Å². The molecule has 11 heteroatoms. The molecular formula is C23H23F3N4O4. The first-order valence-electron chi connectivity index (χ1n) is 10.3. The summed E-state index contributed by atoms with van der Waals surface area (Å²) in [5, 5.41) is 0. The SMILES string of the molecule is CCN(C(=O)c1ccc(COCC(F)(F)F)cc1)c1c(N)n(Cc2ccccc2)c(=O)[nH]c1=O. The molecule has 0 radical (unpaired) electrons. The fraction of sp³-hybridized carbons (Fsp3) is 0.261. The Balaban J connectivity index is 1.87. The van der Waals surface area contributed by atoms with Crippen LogP contribution in [-0.2, 0) is 17.9 Å². The number of aromatic amines is 1. The van der Waals surface area contributed by atoms with E-state index in [2.05, 4.69) is 9.72 Å². The van der Waals surface area contributed by atoms with Crippen LogP contribution >= 0.6 is 0 Å². The van der Waals surface area contributed by atoms with Gasteiger partial charge in [0.25, 0.3) is 11.5 Å². The number of aromatic nitrogens is 2. The zero-order valence-electron chi connectivity index (χ0n) is 18.3. The Morgan fingerprint density at radius 2 is 1.71 bits per heavy atom. The van der Waals surface area contributed by atoms with Gasteiger partial charge in [0.15, 0.2) is 5.69 Å². The third-order valence-electron chi connectivity index (χ3n) is 4.96. The Labute approximate surface area is 192 Å². The lowest BCUT2D eigenvalue weighted by molar-refractivity contribution is -0.176. The van der Waals surface area contributed by atoms with Crippen molar-refractivity contribution in [1.29, 1.82) is 0 Å². The maximum absolute atomic E-state index is 13.1. The zero-order chi connectivity index (χ0) is 24.9. The minimum atomic E-state index is -4.43. The molecule has 3 N–H and O–H groups in total. The Bertz CT molecular complexity index is 1250. The van der Waals surface area contributed by atoms with Gasteiger partial charge < -0.3 is 15.4 Å². The molecule has 1 aromatic heterocycles. The number of alkyl halides is 3. The highest BCUT2D eigenvalue weighted by Gasteiger charge is 2.27. The monoisotopic (exact) mass is 476 g/mol. The number of carbonyl (C=O) groups is 1. The number of carbonyl (C=O) groups excluding carboxylic acids is 1. The van der Waals surface area contributed by atoms with Crippen molar-refractivity contribution in [3.63, 3.8) is 0 Å². The average Bonchev–Trinajstić information content (AvgIpc) is 2.79. The predicted octanol–water partition coefficient (Wildman–Crippen LogP) is 2.91. The molecule has 0 spiro atoms. The summed E-state index contributed by atoms with van der Waals surface area (Å²) in [6.07, 6.45) is -4.43. The van der Waals surface area contributed by atoms with Crippen LogP contribution in [0.5, 0.6) is 0 Å². The molecule has 2 aromatic carbocycles. The molecule has 34 heavy (non-hydrogen) atoms. The van der Waals surface area contributed by atoms with Crippen molar-refractivity contribution in [3.05, 3.63) is 92.1 Å². The number of halogens is 3. The minimum Gasteiger partial charge on any atom is -0.383 e. The van der Waals surface area contributed by atoms with E-state index in [4.69, 9.17) is 5.73 Å². The highest BCUT2D eigenvalue weighted by Crippen LogP contribution is 2.21. The molecule has 0 saturated heterocycles. The molecule has 0 saturated carbocycles. The molecule has 0 aliphatic rings. The van der Waals surface area contributed by atoms with Gasteiger partial charge in [-0.3, -0.25) is 19.1 Å². The average molecular weight is 476 g/mol. The van der Waals surface area contributed by atoms with Crippen LogP contribution in [0, 0.1) is 0 Å². The van der Waals surface area contributed by atoms with Crippen LogP contribution in [0.2, 0.25) is 0 Å². The number of hydrogen-bond acceptors (Lipinski definition) is 5. The number of ether oxygens (including phenoxy) is 1. The van der Waals surface area contributed by atoms with Crippen molar-refractivity contribution in [1.82, 2.24) is 9.55 Å².